The lowest BCUT2D eigenvalue weighted by Gasteiger charge is -2.05. The number of amides is 1. The van der Waals surface area contributed by atoms with E-state index in [9.17, 15) is 4.79 Å². The molecule has 94 valence electrons. The number of aliphatic hydroxyl groups is 1. The normalized spacial score (nSPS) is 21.4. The first-order valence-corrected chi connectivity index (χ1v) is 6.58. The number of nitrogens with zero attached hydrogens (tertiary/aromatic N) is 1. The van der Waals surface area contributed by atoms with Crippen LogP contribution in [0.2, 0.25) is 0 Å². The topological polar surface area (TPSA) is 71.5 Å². The summed E-state index contributed by atoms with van der Waals surface area (Å²) in [6.07, 6.45) is 1.53. The number of ether oxygens (including phenoxy) is 1. The predicted molar refractivity (Wildman–Crippen MR) is 64.1 cm³/mol. The molecule has 1 aromatic heterocycles. The van der Waals surface area contributed by atoms with Gasteiger partial charge in [0.15, 0.2) is 0 Å². The van der Waals surface area contributed by atoms with Crippen molar-refractivity contribution in [1.82, 2.24) is 10.3 Å². The third kappa shape index (κ3) is 3.24. The summed E-state index contributed by atoms with van der Waals surface area (Å²) < 4.78 is 5.51. The minimum absolute atomic E-state index is 0.0540. The molecule has 0 bridgehead atoms. The van der Waals surface area contributed by atoms with Crippen molar-refractivity contribution in [2.24, 2.45) is 0 Å². The van der Waals surface area contributed by atoms with Gasteiger partial charge in [-0.05, 0) is 19.8 Å². The molecular formula is C11H16N2O3S. The van der Waals surface area contributed by atoms with Crippen molar-refractivity contribution in [2.45, 2.75) is 32.0 Å². The lowest BCUT2D eigenvalue weighted by atomic mass is 10.2. The van der Waals surface area contributed by atoms with Crippen molar-refractivity contribution in [3.63, 3.8) is 0 Å². The molecule has 0 saturated carbocycles. The number of hydrogen-bond donors (Lipinski definition) is 2. The van der Waals surface area contributed by atoms with E-state index in [4.69, 9.17) is 9.84 Å². The molecule has 1 saturated heterocycles. The third-order valence-electron chi connectivity index (χ3n) is 2.52. The molecule has 1 aliphatic rings. The molecule has 6 heteroatoms. The highest BCUT2D eigenvalue weighted by molar-refractivity contribution is 7.09. The molecule has 5 nitrogen and oxygen atoms in total. The predicted octanol–water partition coefficient (Wildman–Crippen LogP) is 1.11. The number of aliphatic hydroxyl groups excluding tert-OH is 1. The minimum atomic E-state index is -0.546. The van der Waals surface area contributed by atoms with E-state index in [2.05, 4.69) is 10.3 Å². The highest BCUT2D eigenvalue weighted by Crippen LogP contribution is 2.30. The van der Waals surface area contributed by atoms with Crippen molar-refractivity contribution in [3.05, 3.63) is 16.1 Å². The summed E-state index contributed by atoms with van der Waals surface area (Å²) in [5.41, 5.74) is 0.404. The first-order valence-electron chi connectivity index (χ1n) is 5.70. The van der Waals surface area contributed by atoms with Crippen LogP contribution in [0.15, 0.2) is 5.38 Å². The molecule has 1 fully saturated rings. The van der Waals surface area contributed by atoms with Crippen LogP contribution in [0.4, 0.5) is 0 Å². The molecule has 17 heavy (non-hydrogen) atoms. The zero-order chi connectivity index (χ0) is 12.3. The zero-order valence-electron chi connectivity index (χ0n) is 9.68. The van der Waals surface area contributed by atoms with Crippen LogP contribution >= 0.6 is 11.3 Å². The van der Waals surface area contributed by atoms with Crippen molar-refractivity contribution in [2.75, 3.05) is 13.2 Å². The summed E-state index contributed by atoms with van der Waals surface area (Å²) in [5.74, 6) is -0.244. The van der Waals surface area contributed by atoms with Crippen LogP contribution in [0.25, 0.3) is 0 Å². The summed E-state index contributed by atoms with van der Waals surface area (Å²) >= 11 is 1.45. The molecule has 1 aliphatic heterocycles. The molecule has 2 heterocycles. The van der Waals surface area contributed by atoms with E-state index in [1.54, 1.807) is 12.3 Å². The summed E-state index contributed by atoms with van der Waals surface area (Å²) in [7, 11) is 0. The molecule has 2 atom stereocenters. The van der Waals surface area contributed by atoms with Gasteiger partial charge in [0.05, 0.1) is 6.10 Å². The third-order valence-corrected chi connectivity index (χ3v) is 3.45. The van der Waals surface area contributed by atoms with E-state index in [1.165, 1.54) is 11.3 Å². The van der Waals surface area contributed by atoms with Crippen molar-refractivity contribution < 1.29 is 14.6 Å². The van der Waals surface area contributed by atoms with Gasteiger partial charge in [-0.1, -0.05) is 0 Å². The van der Waals surface area contributed by atoms with Gasteiger partial charge in [0.2, 0.25) is 0 Å². The Hall–Kier alpha value is -0.980. The highest BCUT2D eigenvalue weighted by atomic mass is 32.1. The largest absolute Gasteiger partial charge is 0.392 e. The fraction of sp³-hybridized carbons (Fsp3) is 0.636. The van der Waals surface area contributed by atoms with Gasteiger partial charge in [-0.3, -0.25) is 4.79 Å². The number of carbonyl (C=O) groups is 1. The van der Waals surface area contributed by atoms with Crippen LogP contribution in [0.1, 0.15) is 41.4 Å². The fourth-order valence-corrected chi connectivity index (χ4v) is 2.52. The van der Waals surface area contributed by atoms with E-state index >= 15 is 0 Å². The van der Waals surface area contributed by atoms with E-state index in [0.29, 0.717) is 5.69 Å². The maximum atomic E-state index is 11.7. The second-order valence-corrected chi connectivity index (χ2v) is 5.02. The number of nitrogens with one attached hydrogen (secondary N) is 1. The lowest BCUT2D eigenvalue weighted by Crippen LogP contribution is -2.30. The second-order valence-electron chi connectivity index (χ2n) is 4.13. The highest BCUT2D eigenvalue weighted by Gasteiger charge is 2.22. The van der Waals surface area contributed by atoms with E-state index < -0.39 is 6.10 Å². The Morgan fingerprint density at radius 3 is 3.29 bits per heavy atom. The van der Waals surface area contributed by atoms with Gasteiger partial charge >= 0.3 is 0 Å². The number of thiazole rings is 1. The van der Waals surface area contributed by atoms with Crippen LogP contribution in [-0.4, -0.2) is 35.3 Å². The van der Waals surface area contributed by atoms with Gasteiger partial charge < -0.3 is 15.2 Å². The number of carbonyl (C=O) groups excluding carboxylic acids is 1. The van der Waals surface area contributed by atoms with Gasteiger partial charge in [0, 0.05) is 18.5 Å². The molecule has 1 aromatic rings. The van der Waals surface area contributed by atoms with E-state index in [-0.39, 0.29) is 18.6 Å². The molecule has 0 aromatic carbocycles. The number of rotatable bonds is 4. The molecule has 2 unspecified atom stereocenters. The summed E-state index contributed by atoms with van der Waals surface area (Å²) in [4.78, 5) is 15.9. The van der Waals surface area contributed by atoms with E-state index in [1.807, 2.05) is 0 Å². The van der Waals surface area contributed by atoms with Crippen LogP contribution in [0.3, 0.4) is 0 Å². The summed E-state index contributed by atoms with van der Waals surface area (Å²) in [5, 5.41) is 14.3. The van der Waals surface area contributed by atoms with Gasteiger partial charge in [0.25, 0.3) is 5.91 Å². The Kier molecular flexibility index (Phi) is 4.09. The Morgan fingerprint density at radius 1 is 1.82 bits per heavy atom. The van der Waals surface area contributed by atoms with Crippen LogP contribution in [0.5, 0.6) is 0 Å². The average Bonchev–Trinajstić information content (AvgIpc) is 2.94. The van der Waals surface area contributed by atoms with Gasteiger partial charge in [-0.25, -0.2) is 4.98 Å². The Bertz CT molecular complexity index is 386. The SMILES string of the molecule is CC(O)CNC(=O)c1csc(C2CCCO2)n1. The van der Waals surface area contributed by atoms with Crippen LogP contribution < -0.4 is 5.32 Å². The molecule has 0 radical (unpaired) electrons. The van der Waals surface area contributed by atoms with Crippen molar-refractivity contribution in [3.8, 4) is 0 Å². The fourth-order valence-electron chi connectivity index (χ4n) is 1.64. The smallest absolute Gasteiger partial charge is 0.270 e. The van der Waals surface area contributed by atoms with Gasteiger partial charge in [0.1, 0.15) is 16.8 Å². The van der Waals surface area contributed by atoms with E-state index in [0.717, 1.165) is 24.5 Å². The summed E-state index contributed by atoms with van der Waals surface area (Å²) in [6, 6.07) is 0. The maximum Gasteiger partial charge on any atom is 0.270 e. The lowest BCUT2D eigenvalue weighted by molar-refractivity contribution is 0.0917. The Balaban J connectivity index is 1.95. The molecule has 2 rings (SSSR count). The Morgan fingerprint density at radius 2 is 2.65 bits per heavy atom. The first-order chi connectivity index (χ1) is 8.16. The van der Waals surface area contributed by atoms with Crippen LogP contribution in [-0.2, 0) is 4.74 Å². The first kappa shape index (κ1) is 12.5. The van der Waals surface area contributed by atoms with Crippen molar-refractivity contribution >= 4 is 17.2 Å². The molecular weight excluding hydrogens is 240 g/mol. The standard InChI is InChI=1S/C11H16N2O3S/c1-7(14)5-12-10(15)8-6-17-11(13-8)9-3-2-4-16-9/h6-7,9,14H,2-5H2,1H3,(H,12,15). The second kappa shape index (κ2) is 5.57. The Labute approximate surface area is 104 Å². The van der Waals surface area contributed by atoms with Crippen LogP contribution in [0, 0.1) is 0 Å². The quantitative estimate of drug-likeness (QED) is 0.846. The van der Waals surface area contributed by atoms with Crippen molar-refractivity contribution in [1.29, 1.82) is 0 Å². The number of hydrogen-bond acceptors (Lipinski definition) is 5. The molecule has 0 spiro atoms. The summed E-state index contributed by atoms with van der Waals surface area (Å²) in [6.45, 7) is 2.64. The van der Waals surface area contributed by atoms with Gasteiger partial charge in [-0.15, -0.1) is 11.3 Å². The minimum Gasteiger partial charge on any atom is -0.392 e. The zero-order valence-corrected chi connectivity index (χ0v) is 10.5. The molecule has 0 aliphatic carbocycles. The maximum absolute atomic E-state index is 11.7. The molecule has 1 amide bonds. The average molecular weight is 256 g/mol. The monoisotopic (exact) mass is 256 g/mol. The number of aromatic nitrogens is 1. The molecule has 2 N–H and O–H groups in total. The van der Waals surface area contributed by atoms with Gasteiger partial charge in [-0.2, -0.15) is 0 Å².